The molecule has 1 heterocycles. The Morgan fingerprint density at radius 3 is 2.17 bits per heavy atom. The number of nitrogens with zero attached hydrogens (tertiary/aromatic N) is 2. The van der Waals surface area contributed by atoms with E-state index in [9.17, 15) is 26.7 Å². The maximum absolute atomic E-state index is 13.6. The fourth-order valence-corrected chi connectivity index (χ4v) is 6.76. The molecule has 10 nitrogen and oxygen atoms in total. The third-order valence-corrected chi connectivity index (χ3v) is 10.1. The van der Waals surface area contributed by atoms with Crippen LogP contribution in [-0.4, -0.2) is 75.9 Å². The predicted molar refractivity (Wildman–Crippen MR) is 151 cm³/mol. The third kappa shape index (κ3) is 6.15. The van der Waals surface area contributed by atoms with Crippen LogP contribution in [0.5, 0.6) is 5.75 Å². The van der Waals surface area contributed by atoms with Crippen molar-refractivity contribution in [2.75, 3.05) is 31.5 Å². The van der Waals surface area contributed by atoms with Crippen molar-refractivity contribution in [2.45, 2.75) is 35.8 Å². The van der Waals surface area contributed by atoms with E-state index in [2.05, 4.69) is 4.72 Å². The van der Waals surface area contributed by atoms with Crippen molar-refractivity contribution in [1.82, 2.24) is 9.21 Å². The topological polar surface area (TPSA) is 133 Å². The van der Waals surface area contributed by atoms with E-state index in [-0.39, 0.29) is 46.5 Å². The Morgan fingerprint density at radius 1 is 0.975 bits per heavy atom. The molecule has 0 unspecified atom stereocenters. The van der Waals surface area contributed by atoms with E-state index < -0.39 is 44.0 Å². The average molecular weight is 588 g/mol. The van der Waals surface area contributed by atoms with Gasteiger partial charge in [-0.25, -0.2) is 16.8 Å². The Labute approximate surface area is 235 Å². The number of anilines is 1. The first kappa shape index (κ1) is 29.5. The van der Waals surface area contributed by atoms with Gasteiger partial charge in [0.1, 0.15) is 6.10 Å². The summed E-state index contributed by atoms with van der Waals surface area (Å²) in [6.45, 7) is 3.34. The maximum Gasteiger partial charge on any atom is 0.262 e. The van der Waals surface area contributed by atoms with Gasteiger partial charge in [0.15, 0.2) is 5.75 Å². The molecule has 0 radical (unpaired) electrons. The summed E-state index contributed by atoms with van der Waals surface area (Å²) in [5, 5.41) is 9.87. The molecule has 4 rings (SSSR count). The number of benzene rings is 3. The van der Waals surface area contributed by atoms with Crippen molar-refractivity contribution < 1.29 is 31.5 Å². The average Bonchev–Trinajstić information content (AvgIpc) is 2.95. The number of likely N-dealkylation sites (N-methyl/N-ethyl adjacent to an activating group) is 1. The van der Waals surface area contributed by atoms with Crippen LogP contribution < -0.4 is 9.46 Å². The molecule has 0 aliphatic carbocycles. The van der Waals surface area contributed by atoms with Crippen LogP contribution in [0.15, 0.2) is 88.7 Å². The summed E-state index contributed by atoms with van der Waals surface area (Å²) >= 11 is 0. The van der Waals surface area contributed by atoms with Crippen LogP contribution in [0.2, 0.25) is 0 Å². The molecule has 3 atom stereocenters. The summed E-state index contributed by atoms with van der Waals surface area (Å²) in [6, 6.07) is 19.8. The van der Waals surface area contributed by atoms with Gasteiger partial charge in [-0.1, -0.05) is 49.4 Å². The Balaban J connectivity index is 1.76. The van der Waals surface area contributed by atoms with Crippen molar-refractivity contribution in [3.63, 3.8) is 0 Å². The van der Waals surface area contributed by atoms with Crippen LogP contribution in [0.3, 0.4) is 0 Å². The molecule has 40 heavy (non-hydrogen) atoms. The number of ether oxygens (including phenoxy) is 1. The fourth-order valence-electron chi connectivity index (χ4n) is 4.47. The van der Waals surface area contributed by atoms with E-state index >= 15 is 0 Å². The van der Waals surface area contributed by atoms with E-state index in [0.717, 1.165) is 0 Å². The van der Waals surface area contributed by atoms with Gasteiger partial charge in [-0.3, -0.25) is 9.52 Å². The minimum Gasteiger partial charge on any atom is -0.486 e. The number of rotatable bonds is 9. The maximum atomic E-state index is 13.6. The molecule has 0 fully saturated rings. The summed E-state index contributed by atoms with van der Waals surface area (Å²) in [6.07, 6.45) is -0.772. The quantitative estimate of drug-likeness (QED) is 0.393. The molecule has 2 N–H and O–H groups in total. The number of hydrogen-bond acceptors (Lipinski definition) is 7. The monoisotopic (exact) mass is 587 g/mol. The number of carbonyl (C=O) groups is 1. The largest absolute Gasteiger partial charge is 0.486 e. The Hall–Kier alpha value is -3.45. The van der Waals surface area contributed by atoms with Crippen molar-refractivity contribution in [2.24, 2.45) is 5.92 Å². The zero-order valence-electron chi connectivity index (χ0n) is 22.5. The number of aliphatic hydroxyl groups is 1. The van der Waals surface area contributed by atoms with Crippen LogP contribution in [0.1, 0.15) is 24.2 Å². The number of aliphatic hydroxyl groups excluding tert-OH is 1. The lowest BCUT2D eigenvalue weighted by Crippen LogP contribution is -2.50. The first-order valence-corrected chi connectivity index (χ1v) is 15.7. The Morgan fingerprint density at radius 2 is 1.57 bits per heavy atom. The van der Waals surface area contributed by atoms with Gasteiger partial charge in [-0.15, -0.1) is 0 Å². The normalized spacial score (nSPS) is 18.8. The zero-order chi connectivity index (χ0) is 29.1. The number of sulfonamides is 2. The summed E-state index contributed by atoms with van der Waals surface area (Å²) in [7, 11) is -6.45. The summed E-state index contributed by atoms with van der Waals surface area (Å²) in [5.74, 6) is -0.838. The molecule has 0 saturated heterocycles. The van der Waals surface area contributed by atoms with Crippen LogP contribution in [-0.2, 0) is 20.0 Å². The molecule has 1 aliphatic heterocycles. The number of hydrogen-bond donors (Lipinski definition) is 2. The van der Waals surface area contributed by atoms with E-state index in [1.54, 1.807) is 43.3 Å². The molecule has 0 aromatic heterocycles. The molecule has 1 aliphatic rings. The highest BCUT2D eigenvalue weighted by atomic mass is 32.2. The second kappa shape index (κ2) is 12.0. The Kier molecular flexibility index (Phi) is 8.83. The second-order valence-electron chi connectivity index (χ2n) is 9.82. The highest BCUT2D eigenvalue weighted by molar-refractivity contribution is 7.92. The van der Waals surface area contributed by atoms with Crippen molar-refractivity contribution in [1.29, 1.82) is 0 Å². The van der Waals surface area contributed by atoms with E-state index in [1.165, 1.54) is 58.7 Å². The molecule has 3 aromatic carbocycles. The highest BCUT2D eigenvalue weighted by Crippen LogP contribution is 2.36. The van der Waals surface area contributed by atoms with E-state index in [0.29, 0.717) is 0 Å². The number of para-hydroxylation sites is 1. The van der Waals surface area contributed by atoms with Gasteiger partial charge in [-0.2, -0.15) is 4.31 Å². The molecular weight excluding hydrogens is 554 g/mol. The van der Waals surface area contributed by atoms with Crippen molar-refractivity contribution >= 4 is 31.6 Å². The summed E-state index contributed by atoms with van der Waals surface area (Å²) in [4.78, 5) is 15.3. The second-order valence-corrected chi connectivity index (χ2v) is 13.5. The van der Waals surface area contributed by atoms with Crippen LogP contribution >= 0.6 is 0 Å². The van der Waals surface area contributed by atoms with Gasteiger partial charge in [0.2, 0.25) is 10.0 Å². The van der Waals surface area contributed by atoms with Crippen LogP contribution in [0, 0.1) is 5.92 Å². The molecule has 0 spiro atoms. The number of nitrogens with one attached hydrogen (secondary N) is 1. The fraction of sp³-hybridized carbons (Fsp3) is 0.321. The van der Waals surface area contributed by atoms with Crippen LogP contribution in [0.4, 0.5) is 5.69 Å². The van der Waals surface area contributed by atoms with E-state index in [1.807, 2.05) is 6.92 Å². The number of amides is 1. The van der Waals surface area contributed by atoms with Crippen molar-refractivity contribution in [3.05, 3.63) is 84.4 Å². The molecule has 0 bridgehead atoms. The highest BCUT2D eigenvalue weighted by Gasteiger charge is 2.36. The minimum atomic E-state index is -4.03. The van der Waals surface area contributed by atoms with Gasteiger partial charge in [-0.05, 0) is 43.3 Å². The van der Waals surface area contributed by atoms with Gasteiger partial charge >= 0.3 is 0 Å². The SMILES string of the molecule is C[C@@H]1CN([C@H](C)CO)C(=O)c2cccc(NS(=O)(=O)c3ccccc3)c2O[C@H]1CN(C)S(=O)(=O)c1ccccc1. The smallest absolute Gasteiger partial charge is 0.262 e. The van der Waals surface area contributed by atoms with E-state index in [4.69, 9.17) is 4.74 Å². The standard InChI is InChI=1S/C28H33N3O7S2/c1-20-17-31(21(2)19-32)28(33)24-15-10-16-25(29-39(34,35)22-11-6-4-7-12-22)27(24)38-26(20)18-30(3)40(36,37)23-13-8-5-9-14-23/h4-16,20-21,26,29,32H,17-19H2,1-3H3/t20-,21-,26+/m1/s1. The van der Waals surface area contributed by atoms with Crippen LogP contribution in [0.25, 0.3) is 0 Å². The first-order chi connectivity index (χ1) is 19.0. The van der Waals surface area contributed by atoms with Gasteiger partial charge in [0, 0.05) is 19.5 Å². The molecule has 0 saturated carbocycles. The minimum absolute atomic E-state index is 0.01000. The lowest BCUT2D eigenvalue weighted by atomic mass is 9.99. The van der Waals surface area contributed by atoms with Gasteiger partial charge < -0.3 is 14.7 Å². The molecule has 3 aromatic rings. The predicted octanol–water partition coefficient (Wildman–Crippen LogP) is 3.03. The summed E-state index contributed by atoms with van der Waals surface area (Å²) in [5.41, 5.74) is 0.137. The lowest BCUT2D eigenvalue weighted by molar-refractivity contribution is 0.0389. The first-order valence-electron chi connectivity index (χ1n) is 12.8. The lowest BCUT2D eigenvalue weighted by Gasteiger charge is -2.38. The van der Waals surface area contributed by atoms with Crippen molar-refractivity contribution in [3.8, 4) is 5.75 Å². The summed E-state index contributed by atoms with van der Waals surface area (Å²) < 4.78 is 63.0. The molecular formula is C28H33N3O7S2. The Bertz CT molecular complexity index is 1550. The molecule has 214 valence electrons. The van der Waals surface area contributed by atoms with Gasteiger partial charge in [0.05, 0.1) is 40.2 Å². The number of fused-ring (bicyclic) bond motifs is 1. The third-order valence-electron chi connectivity index (χ3n) is 6.88. The zero-order valence-corrected chi connectivity index (χ0v) is 24.1. The molecule has 1 amide bonds. The number of carbonyl (C=O) groups excluding carboxylic acids is 1. The molecule has 12 heteroatoms. The van der Waals surface area contributed by atoms with Gasteiger partial charge in [0.25, 0.3) is 15.9 Å².